The third-order valence-corrected chi connectivity index (χ3v) is 3.39. The molecule has 1 saturated carbocycles. The fourth-order valence-electron chi connectivity index (χ4n) is 2.20. The van der Waals surface area contributed by atoms with Crippen LogP contribution < -0.4 is 0 Å². The number of carbonyl (C=O) groups excluding carboxylic acids is 1. The molecule has 2 aliphatic rings. The van der Waals surface area contributed by atoms with Crippen LogP contribution >= 0.6 is 0 Å². The number of morpholine rings is 1. The first-order valence-electron chi connectivity index (χ1n) is 5.21. The molecule has 0 aromatic rings. The molecule has 2 rings (SSSR count). The molecule has 5 nitrogen and oxygen atoms in total. The topological polar surface area (TPSA) is 66.8 Å². The zero-order chi connectivity index (χ0) is 11.0. The highest BCUT2D eigenvalue weighted by molar-refractivity contribution is 5.85. The molecule has 1 N–H and O–H groups in total. The van der Waals surface area contributed by atoms with E-state index in [9.17, 15) is 9.59 Å². The van der Waals surface area contributed by atoms with Gasteiger partial charge in [0.25, 0.3) is 0 Å². The monoisotopic (exact) mass is 213 g/mol. The van der Waals surface area contributed by atoms with Gasteiger partial charge in [0.05, 0.1) is 6.10 Å². The number of likely N-dealkylation sites (N-methyl/N-ethyl adjacent to an activating group) is 1. The lowest BCUT2D eigenvalue weighted by molar-refractivity contribution is -0.176. The molecular formula is C10H15NO4. The van der Waals surface area contributed by atoms with Gasteiger partial charge in [-0.25, -0.2) is 4.79 Å². The summed E-state index contributed by atoms with van der Waals surface area (Å²) in [5, 5.41) is 9.09. The molecule has 2 unspecified atom stereocenters. The number of carbonyl (C=O) groups is 2. The zero-order valence-electron chi connectivity index (χ0n) is 8.68. The van der Waals surface area contributed by atoms with E-state index in [4.69, 9.17) is 9.84 Å². The molecule has 1 aliphatic heterocycles. The van der Waals surface area contributed by atoms with Gasteiger partial charge in [-0.15, -0.1) is 0 Å². The van der Waals surface area contributed by atoms with Crippen molar-refractivity contribution in [2.75, 3.05) is 13.7 Å². The Morgan fingerprint density at radius 1 is 1.53 bits per heavy atom. The Balaban J connectivity index is 2.14. The van der Waals surface area contributed by atoms with E-state index in [1.54, 1.807) is 0 Å². The maximum absolute atomic E-state index is 11.3. The summed E-state index contributed by atoms with van der Waals surface area (Å²) in [6.45, 7) is 0.0153. The van der Waals surface area contributed by atoms with Crippen LogP contribution in [0.25, 0.3) is 0 Å². The second-order valence-corrected chi connectivity index (χ2v) is 4.25. The lowest BCUT2D eigenvalue weighted by Crippen LogP contribution is -2.59. The van der Waals surface area contributed by atoms with Crippen LogP contribution in [0.4, 0.5) is 0 Å². The van der Waals surface area contributed by atoms with Crippen LogP contribution in [0.5, 0.6) is 0 Å². The normalized spacial score (nSPS) is 32.6. The fraction of sp³-hybridized carbons (Fsp3) is 0.800. The van der Waals surface area contributed by atoms with Crippen molar-refractivity contribution in [2.24, 2.45) is 5.92 Å². The SMILES string of the molecule is CN1C(=O)COC(C2CCC2)C1C(=O)O. The number of hydrogen-bond donors (Lipinski definition) is 1. The maximum atomic E-state index is 11.3. The molecule has 84 valence electrons. The standard InChI is InChI=1S/C10H15NO4/c1-11-7(12)5-15-9(6-3-2-4-6)8(11)10(13)14/h6,8-9H,2-5H2,1H3,(H,13,14). The zero-order valence-corrected chi connectivity index (χ0v) is 8.68. The van der Waals surface area contributed by atoms with Crippen LogP contribution in [-0.4, -0.2) is 47.7 Å². The van der Waals surface area contributed by atoms with Crippen LogP contribution in [0.1, 0.15) is 19.3 Å². The van der Waals surface area contributed by atoms with Gasteiger partial charge in [-0.2, -0.15) is 0 Å². The Kier molecular flexibility index (Phi) is 2.65. The van der Waals surface area contributed by atoms with Crippen molar-refractivity contribution >= 4 is 11.9 Å². The minimum atomic E-state index is -0.970. The van der Waals surface area contributed by atoms with Gasteiger partial charge in [0.1, 0.15) is 6.61 Å². The molecule has 1 amide bonds. The molecule has 0 radical (unpaired) electrons. The van der Waals surface area contributed by atoms with Crippen molar-refractivity contribution in [3.63, 3.8) is 0 Å². The van der Waals surface area contributed by atoms with E-state index in [0.29, 0.717) is 5.92 Å². The second-order valence-electron chi connectivity index (χ2n) is 4.25. The van der Waals surface area contributed by atoms with Gasteiger partial charge in [-0.1, -0.05) is 6.42 Å². The van der Waals surface area contributed by atoms with Crippen molar-refractivity contribution in [3.05, 3.63) is 0 Å². The highest BCUT2D eigenvalue weighted by atomic mass is 16.5. The number of nitrogens with zero attached hydrogens (tertiary/aromatic N) is 1. The van der Waals surface area contributed by atoms with Crippen LogP contribution in [0, 0.1) is 5.92 Å². The highest BCUT2D eigenvalue weighted by Crippen LogP contribution is 2.35. The summed E-state index contributed by atoms with van der Waals surface area (Å²) < 4.78 is 5.37. The molecule has 5 heteroatoms. The minimum absolute atomic E-state index is 0.0153. The van der Waals surface area contributed by atoms with Crippen LogP contribution in [-0.2, 0) is 14.3 Å². The Morgan fingerprint density at radius 2 is 2.20 bits per heavy atom. The van der Waals surface area contributed by atoms with Crippen molar-refractivity contribution in [3.8, 4) is 0 Å². The summed E-state index contributed by atoms with van der Waals surface area (Å²) in [5.41, 5.74) is 0. The Labute approximate surface area is 88.0 Å². The first-order valence-corrected chi connectivity index (χ1v) is 5.21. The summed E-state index contributed by atoms with van der Waals surface area (Å²) in [4.78, 5) is 23.7. The van der Waals surface area contributed by atoms with Gasteiger partial charge < -0.3 is 14.7 Å². The molecule has 2 fully saturated rings. The van der Waals surface area contributed by atoms with Crippen molar-refractivity contribution in [1.82, 2.24) is 4.90 Å². The lowest BCUT2D eigenvalue weighted by Gasteiger charge is -2.43. The Morgan fingerprint density at radius 3 is 2.67 bits per heavy atom. The molecular weight excluding hydrogens is 198 g/mol. The quantitative estimate of drug-likeness (QED) is 0.706. The number of carboxylic acid groups (broad SMARTS) is 1. The molecule has 0 aromatic heterocycles. The van der Waals surface area contributed by atoms with E-state index in [0.717, 1.165) is 19.3 Å². The number of amides is 1. The van der Waals surface area contributed by atoms with E-state index in [1.165, 1.54) is 11.9 Å². The molecule has 0 spiro atoms. The predicted octanol–water partition coefficient (Wildman–Crippen LogP) is 0.0969. The Bertz CT molecular complexity index is 287. The van der Waals surface area contributed by atoms with E-state index in [2.05, 4.69) is 0 Å². The van der Waals surface area contributed by atoms with Gasteiger partial charge in [0, 0.05) is 7.05 Å². The van der Waals surface area contributed by atoms with E-state index in [-0.39, 0.29) is 18.6 Å². The molecule has 15 heavy (non-hydrogen) atoms. The molecule has 0 aromatic carbocycles. The summed E-state index contributed by atoms with van der Waals surface area (Å²) in [5.74, 6) is -0.915. The smallest absolute Gasteiger partial charge is 0.329 e. The van der Waals surface area contributed by atoms with Gasteiger partial charge in [-0.05, 0) is 18.8 Å². The second kappa shape index (κ2) is 3.81. The lowest BCUT2D eigenvalue weighted by atomic mass is 9.78. The van der Waals surface area contributed by atoms with E-state index in [1.807, 2.05) is 0 Å². The van der Waals surface area contributed by atoms with Gasteiger partial charge in [0.15, 0.2) is 6.04 Å². The predicted molar refractivity (Wildman–Crippen MR) is 51.3 cm³/mol. The number of rotatable bonds is 2. The van der Waals surface area contributed by atoms with E-state index < -0.39 is 12.0 Å². The van der Waals surface area contributed by atoms with Crippen molar-refractivity contribution < 1.29 is 19.4 Å². The molecule has 0 bridgehead atoms. The summed E-state index contributed by atoms with van der Waals surface area (Å²) in [6, 6.07) is -0.809. The number of hydrogen-bond acceptors (Lipinski definition) is 3. The summed E-state index contributed by atoms with van der Waals surface area (Å²) in [7, 11) is 1.54. The number of ether oxygens (including phenoxy) is 1. The third-order valence-electron chi connectivity index (χ3n) is 3.39. The highest BCUT2D eigenvalue weighted by Gasteiger charge is 2.44. The first kappa shape index (κ1) is 10.4. The minimum Gasteiger partial charge on any atom is -0.480 e. The molecule has 1 aliphatic carbocycles. The Hall–Kier alpha value is -1.10. The summed E-state index contributed by atoms with van der Waals surface area (Å²) >= 11 is 0. The van der Waals surface area contributed by atoms with Gasteiger partial charge >= 0.3 is 5.97 Å². The first-order chi connectivity index (χ1) is 7.11. The van der Waals surface area contributed by atoms with E-state index >= 15 is 0 Å². The average molecular weight is 213 g/mol. The van der Waals surface area contributed by atoms with Crippen molar-refractivity contribution in [2.45, 2.75) is 31.4 Å². The average Bonchev–Trinajstić information content (AvgIpc) is 2.08. The van der Waals surface area contributed by atoms with Crippen molar-refractivity contribution in [1.29, 1.82) is 0 Å². The van der Waals surface area contributed by atoms with Crippen LogP contribution in [0.15, 0.2) is 0 Å². The maximum Gasteiger partial charge on any atom is 0.329 e. The molecule has 2 atom stereocenters. The fourth-order valence-corrected chi connectivity index (χ4v) is 2.20. The van der Waals surface area contributed by atoms with Gasteiger partial charge in [-0.3, -0.25) is 4.79 Å². The van der Waals surface area contributed by atoms with Crippen LogP contribution in [0.2, 0.25) is 0 Å². The van der Waals surface area contributed by atoms with Crippen LogP contribution in [0.3, 0.4) is 0 Å². The molecule has 1 saturated heterocycles. The summed E-state index contributed by atoms with van der Waals surface area (Å²) in [6.07, 6.45) is 2.83. The molecule has 1 heterocycles. The number of carboxylic acids is 1. The van der Waals surface area contributed by atoms with Gasteiger partial charge in [0.2, 0.25) is 5.91 Å². The third kappa shape index (κ3) is 1.71. The number of aliphatic carboxylic acids is 1. The largest absolute Gasteiger partial charge is 0.480 e.